The summed E-state index contributed by atoms with van der Waals surface area (Å²) in [6.45, 7) is 6.05. The highest BCUT2D eigenvalue weighted by molar-refractivity contribution is 5.64. The maximum atomic E-state index is 4.88. The molecule has 4 rings (SSSR count). The van der Waals surface area contributed by atoms with Gasteiger partial charge in [0.2, 0.25) is 5.95 Å². The Balaban J connectivity index is 1.71. The summed E-state index contributed by atoms with van der Waals surface area (Å²) in [6.07, 6.45) is 1.03. The van der Waals surface area contributed by atoms with Crippen molar-refractivity contribution in [3.05, 3.63) is 71.8 Å². The third kappa shape index (κ3) is 3.54. The summed E-state index contributed by atoms with van der Waals surface area (Å²) in [6, 6.07) is 21.3. The third-order valence-electron chi connectivity index (χ3n) is 4.63. The standard InChI is InChI=1S/C22H24N4/c1-16(2)23-21-14-20(18-9-4-3-5-10-18)24-22(25-21)26-13-12-17-8-6-7-11-19(17)15-26/h3-11,14,16H,12-13,15H2,1-2H3,(H,23,24,25). The number of benzene rings is 2. The molecule has 0 fully saturated rings. The van der Waals surface area contributed by atoms with Crippen molar-refractivity contribution in [3.8, 4) is 11.3 Å². The SMILES string of the molecule is CC(C)Nc1cc(-c2ccccc2)nc(N2CCc3ccccc3C2)n1. The van der Waals surface area contributed by atoms with E-state index in [0.29, 0.717) is 6.04 Å². The molecule has 3 aromatic rings. The van der Waals surface area contributed by atoms with Crippen LogP contribution >= 0.6 is 0 Å². The second-order valence-corrected chi connectivity index (χ2v) is 7.04. The summed E-state index contributed by atoms with van der Waals surface area (Å²) >= 11 is 0. The lowest BCUT2D eigenvalue weighted by Crippen LogP contribution is -2.32. The average molecular weight is 344 g/mol. The minimum atomic E-state index is 0.323. The fourth-order valence-electron chi connectivity index (χ4n) is 3.37. The Morgan fingerprint density at radius 3 is 2.42 bits per heavy atom. The molecule has 4 heteroatoms. The van der Waals surface area contributed by atoms with Gasteiger partial charge < -0.3 is 10.2 Å². The largest absolute Gasteiger partial charge is 0.368 e. The zero-order valence-electron chi connectivity index (χ0n) is 15.3. The molecule has 1 aromatic heterocycles. The van der Waals surface area contributed by atoms with E-state index in [1.807, 2.05) is 24.3 Å². The zero-order valence-corrected chi connectivity index (χ0v) is 15.3. The van der Waals surface area contributed by atoms with Crippen LogP contribution in [-0.2, 0) is 13.0 Å². The number of fused-ring (bicyclic) bond motifs is 1. The van der Waals surface area contributed by atoms with Crippen molar-refractivity contribution in [2.45, 2.75) is 32.9 Å². The van der Waals surface area contributed by atoms with Gasteiger partial charge in [0.15, 0.2) is 0 Å². The molecule has 0 radical (unpaired) electrons. The van der Waals surface area contributed by atoms with Crippen LogP contribution in [0.3, 0.4) is 0 Å². The summed E-state index contributed by atoms with van der Waals surface area (Å²) < 4.78 is 0. The summed E-state index contributed by atoms with van der Waals surface area (Å²) in [5, 5.41) is 3.44. The molecule has 0 saturated carbocycles. The molecule has 0 bridgehead atoms. The van der Waals surface area contributed by atoms with Crippen LogP contribution in [0.25, 0.3) is 11.3 Å². The molecular formula is C22H24N4. The average Bonchev–Trinajstić information content (AvgIpc) is 2.67. The van der Waals surface area contributed by atoms with Crippen molar-refractivity contribution in [2.24, 2.45) is 0 Å². The quantitative estimate of drug-likeness (QED) is 0.755. The lowest BCUT2D eigenvalue weighted by atomic mass is 10.0. The van der Waals surface area contributed by atoms with E-state index in [4.69, 9.17) is 9.97 Å². The van der Waals surface area contributed by atoms with Crippen molar-refractivity contribution in [2.75, 3.05) is 16.8 Å². The van der Waals surface area contributed by atoms with Crippen LogP contribution in [0.5, 0.6) is 0 Å². The highest BCUT2D eigenvalue weighted by atomic mass is 15.3. The molecule has 0 atom stereocenters. The van der Waals surface area contributed by atoms with Gasteiger partial charge in [-0.3, -0.25) is 0 Å². The summed E-state index contributed by atoms with van der Waals surface area (Å²) in [5.41, 5.74) is 4.87. The monoisotopic (exact) mass is 344 g/mol. The van der Waals surface area contributed by atoms with E-state index in [1.54, 1.807) is 0 Å². The maximum Gasteiger partial charge on any atom is 0.228 e. The molecule has 132 valence electrons. The first kappa shape index (κ1) is 16.6. The van der Waals surface area contributed by atoms with E-state index in [0.717, 1.165) is 42.5 Å². The number of hydrogen-bond donors (Lipinski definition) is 1. The Morgan fingerprint density at radius 2 is 1.65 bits per heavy atom. The molecule has 1 aliphatic heterocycles. The molecule has 4 nitrogen and oxygen atoms in total. The predicted octanol–water partition coefficient (Wildman–Crippen LogP) is 4.53. The van der Waals surface area contributed by atoms with E-state index in [1.165, 1.54) is 11.1 Å². The molecule has 1 N–H and O–H groups in total. The van der Waals surface area contributed by atoms with E-state index in [9.17, 15) is 0 Å². The van der Waals surface area contributed by atoms with Crippen molar-refractivity contribution in [1.29, 1.82) is 0 Å². The van der Waals surface area contributed by atoms with Crippen LogP contribution in [0.15, 0.2) is 60.7 Å². The van der Waals surface area contributed by atoms with Gasteiger partial charge in [0, 0.05) is 30.8 Å². The molecule has 0 aliphatic carbocycles. The number of nitrogens with zero attached hydrogens (tertiary/aromatic N) is 3. The van der Waals surface area contributed by atoms with E-state index in [-0.39, 0.29) is 0 Å². The lowest BCUT2D eigenvalue weighted by Gasteiger charge is -2.29. The minimum absolute atomic E-state index is 0.323. The Kier molecular flexibility index (Phi) is 4.57. The highest BCUT2D eigenvalue weighted by Crippen LogP contribution is 2.26. The van der Waals surface area contributed by atoms with Gasteiger partial charge in [-0.25, -0.2) is 4.98 Å². The number of aromatic nitrogens is 2. The molecule has 1 aliphatic rings. The van der Waals surface area contributed by atoms with Crippen LogP contribution in [0.4, 0.5) is 11.8 Å². The van der Waals surface area contributed by atoms with Gasteiger partial charge in [-0.15, -0.1) is 0 Å². The fourth-order valence-corrected chi connectivity index (χ4v) is 3.37. The molecule has 26 heavy (non-hydrogen) atoms. The van der Waals surface area contributed by atoms with Crippen molar-refractivity contribution in [1.82, 2.24) is 9.97 Å². The van der Waals surface area contributed by atoms with Gasteiger partial charge in [0.1, 0.15) is 5.82 Å². The molecule has 0 saturated heterocycles. The van der Waals surface area contributed by atoms with Gasteiger partial charge in [0.25, 0.3) is 0 Å². The summed E-state index contributed by atoms with van der Waals surface area (Å²) in [5.74, 6) is 1.67. The molecular weight excluding hydrogens is 320 g/mol. The molecule has 2 heterocycles. The van der Waals surface area contributed by atoms with Gasteiger partial charge in [-0.2, -0.15) is 4.98 Å². The molecule has 0 unspecified atom stereocenters. The maximum absolute atomic E-state index is 4.88. The Hall–Kier alpha value is -2.88. The van der Waals surface area contributed by atoms with Gasteiger partial charge >= 0.3 is 0 Å². The van der Waals surface area contributed by atoms with Crippen LogP contribution in [-0.4, -0.2) is 22.6 Å². The lowest BCUT2D eigenvalue weighted by molar-refractivity contribution is 0.708. The zero-order chi connectivity index (χ0) is 17.9. The normalized spacial score (nSPS) is 13.6. The highest BCUT2D eigenvalue weighted by Gasteiger charge is 2.19. The minimum Gasteiger partial charge on any atom is -0.368 e. The number of rotatable bonds is 4. The predicted molar refractivity (Wildman–Crippen MR) is 107 cm³/mol. The van der Waals surface area contributed by atoms with Crippen molar-refractivity contribution >= 4 is 11.8 Å². The first-order valence-electron chi connectivity index (χ1n) is 9.22. The Morgan fingerprint density at radius 1 is 0.923 bits per heavy atom. The molecule has 2 aromatic carbocycles. The van der Waals surface area contributed by atoms with Crippen molar-refractivity contribution < 1.29 is 0 Å². The van der Waals surface area contributed by atoms with Crippen molar-refractivity contribution in [3.63, 3.8) is 0 Å². The topological polar surface area (TPSA) is 41.1 Å². The summed E-state index contributed by atoms with van der Waals surface area (Å²) in [7, 11) is 0. The van der Waals surface area contributed by atoms with Gasteiger partial charge in [-0.05, 0) is 31.4 Å². The van der Waals surface area contributed by atoms with Crippen LogP contribution in [0.2, 0.25) is 0 Å². The number of anilines is 2. The summed E-state index contributed by atoms with van der Waals surface area (Å²) in [4.78, 5) is 12.0. The first-order valence-corrected chi connectivity index (χ1v) is 9.22. The number of nitrogens with one attached hydrogen (secondary N) is 1. The van der Waals surface area contributed by atoms with Gasteiger partial charge in [-0.1, -0.05) is 54.6 Å². The third-order valence-corrected chi connectivity index (χ3v) is 4.63. The van der Waals surface area contributed by atoms with E-state index < -0.39 is 0 Å². The Labute approximate surface area is 154 Å². The fraction of sp³-hybridized carbons (Fsp3) is 0.273. The Bertz CT molecular complexity index is 890. The second kappa shape index (κ2) is 7.16. The first-order chi connectivity index (χ1) is 12.7. The van der Waals surface area contributed by atoms with E-state index in [2.05, 4.69) is 60.5 Å². The smallest absolute Gasteiger partial charge is 0.228 e. The molecule has 0 spiro atoms. The second-order valence-electron chi connectivity index (χ2n) is 7.04. The number of hydrogen-bond acceptors (Lipinski definition) is 4. The van der Waals surface area contributed by atoms with Crippen LogP contribution in [0.1, 0.15) is 25.0 Å². The molecule has 0 amide bonds. The van der Waals surface area contributed by atoms with Crippen LogP contribution in [0, 0.1) is 0 Å². The van der Waals surface area contributed by atoms with Crippen LogP contribution < -0.4 is 10.2 Å². The van der Waals surface area contributed by atoms with Gasteiger partial charge in [0.05, 0.1) is 5.69 Å². The van der Waals surface area contributed by atoms with E-state index >= 15 is 0 Å².